The van der Waals surface area contributed by atoms with E-state index >= 15 is 0 Å². The molecule has 1 amide bonds. The minimum absolute atomic E-state index is 0.142. The maximum atomic E-state index is 12.7. The summed E-state index contributed by atoms with van der Waals surface area (Å²) in [7, 11) is -2.06. The molecule has 0 fully saturated rings. The van der Waals surface area contributed by atoms with Crippen LogP contribution in [-0.4, -0.2) is 21.4 Å². The fourth-order valence-electron chi connectivity index (χ4n) is 2.51. The van der Waals surface area contributed by atoms with Crippen LogP contribution in [0.4, 0.5) is 11.4 Å². The Hall–Kier alpha value is -2.64. The second kappa shape index (κ2) is 7.94. The highest BCUT2D eigenvalue weighted by Gasteiger charge is 2.17. The van der Waals surface area contributed by atoms with Crippen molar-refractivity contribution >= 4 is 43.2 Å². The van der Waals surface area contributed by atoms with E-state index in [0.717, 1.165) is 10.2 Å². The van der Waals surface area contributed by atoms with E-state index in [-0.39, 0.29) is 10.8 Å². The van der Waals surface area contributed by atoms with Gasteiger partial charge in [-0.1, -0.05) is 40.2 Å². The van der Waals surface area contributed by atoms with E-state index in [1.165, 1.54) is 23.1 Å². The van der Waals surface area contributed by atoms with Gasteiger partial charge in [-0.15, -0.1) is 0 Å². The molecule has 0 atom stereocenters. The Morgan fingerprint density at radius 1 is 0.926 bits per heavy atom. The maximum absolute atomic E-state index is 12.7. The molecular formula is C20H17BrN2O3S. The molecule has 0 aliphatic rings. The molecule has 0 aromatic heterocycles. The van der Waals surface area contributed by atoms with Crippen molar-refractivity contribution in [2.24, 2.45) is 0 Å². The number of hydrogen-bond donors (Lipinski definition) is 1. The van der Waals surface area contributed by atoms with Crippen LogP contribution in [0, 0.1) is 0 Å². The van der Waals surface area contributed by atoms with Gasteiger partial charge in [0.2, 0.25) is 0 Å². The molecule has 0 heterocycles. The molecule has 0 aliphatic carbocycles. The standard InChI is InChI=1S/C20H17BrN2O3S/c1-23(18-8-3-2-4-9-18)20(24)15-6-5-7-17(14-15)22-27(25,26)19-12-10-16(21)11-13-19/h2-14,22H,1H3. The van der Waals surface area contributed by atoms with Crippen molar-refractivity contribution in [2.75, 3.05) is 16.7 Å². The highest BCUT2D eigenvalue weighted by Crippen LogP contribution is 2.21. The summed E-state index contributed by atoms with van der Waals surface area (Å²) in [6.07, 6.45) is 0. The van der Waals surface area contributed by atoms with Gasteiger partial charge in [0.05, 0.1) is 4.90 Å². The zero-order valence-corrected chi connectivity index (χ0v) is 16.9. The van der Waals surface area contributed by atoms with Crippen LogP contribution in [0.15, 0.2) is 88.2 Å². The lowest BCUT2D eigenvalue weighted by Crippen LogP contribution is -2.26. The number of benzene rings is 3. The molecule has 138 valence electrons. The largest absolute Gasteiger partial charge is 0.311 e. The van der Waals surface area contributed by atoms with E-state index in [4.69, 9.17) is 0 Å². The van der Waals surface area contributed by atoms with Crippen molar-refractivity contribution in [1.29, 1.82) is 0 Å². The molecule has 0 bridgehead atoms. The highest BCUT2D eigenvalue weighted by atomic mass is 79.9. The SMILES string of the molecule is CN(C(=O)c1cccc(NS(=O)(=O)c2ccc(Br)cc2)c1)c1ccccc1. The van der Waals surface area contributed by atoms with Crippen molar-refractivity contribution in [3.63, 3.8) is 0 Å². The van der Waals surface area contributed by atoms with E-state index in [1.807, 2.05) is 30.3 Å². The third-order valence-corrected chi connectivity index (χ3v) is 5.86. The van der Waals surface area contributed by atoms with Crippen molar-refractivity contribution in [1.82, 2.24) is 0 Å². The van der Waals surface area contributed by atoms with Gasteiger partial charge in [-0.25, -0.2) is 8.42 Å². The van der Waals surface area contributed by atoms with E-state index in [9.17, 15) is 13.2 Å². The third kappa shape index (κ3) is 4.56. The molecule has 0 saturated heterocycles. The molecule has 27 heavy (non-hydrogen) atoms. The molecule has 3 aromatic carbocycles. The van der Waals surface area contributed by atoms with E-state index in [1.54, 1.807) is 37.4 Å². The Kier molecular flexibility index (Phi) is 5.62. The molecule has 0 radical (unpaired) electrons. The summed E-state index contributed by atoms with van der Waals surface area (Å²) in [5.74, 6) is -0.231. The molecule has 0 unspecified atom stereocenters. The van der Waals surface area contributed by atoms with Crippen LogP contribution in [-0.2, 0) is 10.0 Å². The zero-order valence-electron chi connectivity index (χ0n) is 14.5. The minimum Gasteiger partial charge on any atom is -0.311 e. The van der Waals surface area contributed by atoms with Crippen LogP contribution in [0.1, 0.15) is 10.4 Å². The van der Waals surface area contributed by atoms with Crippen molar-refractivity contribution in [3.05, 3.63) is 88.9 Å². The summed E-state index contributed by atoms with van der Waals surface area (Å²) < 4.78 is 28.4. The van der Waals surface area contributed by atoms with E-state index in [0.29, 0.717) is 11.3 Å². The predicted molar refractivity (Wildman–Crippen MR) is 111 cm³/mol. The molecule has 0 spiro atoms. The molecule has 0 aliphatic heterocycles. The van der Waals surface area contributed by atoms with Gasteiger partial charge in [-0.3, -0.25) is 9.52 Å². The predicted octanol–water partition coefficient (Wildman–Crippen LogP) is 4.53. The fourth-order valence-corrected chi connectivity index (χ4v) is 3.82. The van der Waals surface area contributed by atoms with Gasteiger partial charge in [0.15, 0.2) is 0 Å². The smallest absolute Gasteiger partial charge is 0.261 e. The van der Waals surface area contributed by atoms with Gasteiger partial charge in [-0.2, -0.15) is 0 Å². The second-order valence-electron chi connectivity index (χ2n) is 5.84. The number of carbonyl (C=O) groups excluding carboxylic acids is 1. The lowest BCUT2D eigenvalue weighted by molar-refractivity contribution is 0.0993. The molecule has 1 N–H and O–H groups in total. The lowest BCUT2D eigenvalue weighted by atomic mass is 10.1. The van der Waals surface area contributed by atoms with E-state index in [2.05, 4.69) is 20.7 Å². The normalized spacial score (nSPS) is 11.0. The maximum Gasteiger partial charge on any atom is 0.261 e. The van der Waals surface area contributed by atoms with Crippen LogP contribution in [0.5, 0.6) is 0 Å². The average Bonchev–Trinajstić information content (AvgIpc) is 2.67. The monoisotopic (exact) mass is 444 g/mol. The molecule has 0 saturated carbocycles. The number of nitrogens with one attached hydrogen (secondary N) is 1. The summed E-state index contributed by atoms with van der Waals surface area (Å²) in [4.78, 5) is 14.4. The Morgan fingerprint density at radius 2 is 1.59 bits per heavy atom. The Labute approximate surface area is 166 Å². The van der Waals surface area contributed by atoms with Crippen molar-refractivity contribution in [3.8, 4) is 0 Å². The van der Waals surface area contributed by atoms with Crippen LogP contribution >= 0.6 is 15.9 Å². The van der Waals surface area contributed by atoms with Crippen LogP contribution in [0.3, 0.4) is 0 Å². The number of amides is 1. The number of carbonyl (C=O) groups is 1. The summed E-state index contributed by atoms with van der Waals surface area (Å²) in [6.45, 7) is 0. The molecule has 5 nitrogen and oxygen atoms in total. The number of nitrogens with zero attached hydrogens (tertiary/aromatic N) is 1. The summed E-state index contributed by atoms with van der Waals surface area (Å²) >= 11 is 3.28. The molecular weight excluding hydrogens is 428 g/mol. The minimum atomic E-state index is -3.74. The van der Waals surface area contributed by atoms with Gasteiger partial charge in [0.25, 0.3) is 15.9 Å². The number of anilines is 2. The Morgan fingerprint density at radius 3 is 2.26 bits per heavy atom. The molecule has 3 aromatic rings. The van der Waals surface area contributed by atoms with Gasteiger partial charge >= 0.3 is 0 Å². The highest BCUT2D eigenvalue weighted by molar-refractivity contribution is 9.10. The molecule has 7 heteroatoms. The Bertz CT molecular complexity index is 1050. The summed E-state index contributed by atoms with van der Waals surface area (Å²) in [5, 5.41) is 0. The first-order chi connectivity index (χ1) is 12.9. The number of hydrogen-bond acceptors (Lipinski definition) is 3. The van der Waals surface area contributed by atoms with Crippen LogP contribution in [0.2, 0.25) is 0 Å². The first-order valence-electron chi connectivity index (χ1n) is 8.08. The number of rotatable bonds is 5. The van der Waals surface area contributed by atoms with Gasteiger partial charge < -0.3 is 4.90 Å². The first-order valence-corrected chi connectivity index (χ1v) is 10.4. The fraction of sp³-hybridized carbons (Fsp3) is 0.0500. The number of sulfonamides is 1. The Balaban J connectivity index is 1.83. The summed E-state index contributed by atoms with van der Waals surface area (Å²) in [6, 6.07) is 22.0. The van der Waals surface area contributed by atoms with Gasteiger partial charge in [0, 0.05) is 28.5 Å². The van der Waals surface area contributed by atoms with Crippen LogP contribution in [0.25, 0.3) is 0 Å². The van der Waals surface area contributed by atoms with Gasteiger partial charge in [0.1, 0.15) is 0 Å². The van der Waals surface area contributed by atoms with Crippen molar-refractivity contribution in [2.45, 2.75) is 4.90 Å². The van der Waals surface area contributed by atoms with Crippen molar-refractivity contribution < 1.29 is 13.2 Å². The first kappa shape index (κ1) is 19.1. The van der Waals surface area contributed by atoms with E-state index < -0.39 is 10.0 Å². The zero-order chi connectivity index (χ0) is 19.4. The third-order valence-electron chi connectivity index (χ3n) is 3.93. The number of halogens is 1. The summed E-state index contributed by atoms with van der Waals surface area (Å²) in [5.41, 5.74) is 1.46. The number of para-hydroxylation sites is 1. The van der Waals surface area contributed by atoms with Crippen LogP contribution < -0.4 is 9.62 Å². The topological polar surface area (TPSA) is 66.5 Å². The lowest BCUT2D eigenvalue weighted by Gasteiger charge is -2.18. The molecule has 3 rings (SSSR count). The van der Waals surface area contributed by atoms with Gasteiger partial charge in [-0.05, 0) is 54.6 Å². The second-order valence-corrected chi connectivity index (χ2v) is 8.44. The average molecular weight is 445 g/mol. The quantitative estimate of drug-likeness (QED) is 0.628.